The van der Waals surface area contributed by atoms with Crippen molar-refractivity contribution in [2.24, 2.45) is 7.05 Å². The van der Waals surface area contributed by atoms with Crippen molar-refractivity contribution < 1.29 is 4.79 Å². The van der Waals surface area contributed by atoms with Gasteiger partial charge in [-0.2, -0.15) is 5.10 Å². The van der Waals surface area contributed by atoms with Crippen LogP contribution in [0.1, 0.15) is 11.1 Å². The zero-order valence-electron chi connectivity index (χ0n) is 15.6. The van der Waals surface area contributed by atoms with Crippen LogP contribution in [0, 0.1) is 13.8 Å². The van der Waals surface area contributed by atoms with E-state index in [-0.39, 0.29) is 18.0 Å². The third kappa shape index (κ3) is 3.31. The summed E-state index contributed by atoms with van der Waals surface area (Å²) in [5.41, 5.74) is 4.40. The zero-order chi connectivity index (χ0) is 19.8. The normalized spacial score (nSPS) is 11.1. The predicted octanol–water partition coefficient (Wildman–Crippen LogP) is 2.51. The molecule has 0 atom stereocenters. The van der Waals surface area contributed by atoms with Gasteiger partial charge in [0.05, 0.1) is 11.9 Å². The summed E-state index contributed by atoms with van der Waals surface area (Å²) in [5.74, 6) is -0.340. The number of nitrogens with zero attached hydrogens (tertiary/aromatic N) is 5. The fraction of sp³-hybridized carbons (Fsp3) is 0.211. The smallest absolute Gasteiger partial charge is 0.264 e. The molecule has 0 saturated heterocycles. The number of nitrogens with one attached hydrogen (secondary N) is 1. The average molecular weight is 394 g/mol. The predicted molar refractivity (Wildman–Crippen MR) is 108 cm³/mol. The number of carbonyl (C=O) groups excluding carboxylic acids is 1. The second-order valence-electron chi connectivity index (χ2n) is 6.57. The van der Waals surface area contributed by atoms with Crippen molar-refractivity contribution in [1.82, 2.24) is 24.3 Å². The number of hydrogen-bond donors (Lipinski definition) is 1. The van der Waals surface area contributed by atoms with Gasteiger partial charge in [0, 0.05) is 18.0 Å². The molecule has 0 aliphatic heterocycles. The Labute approximate surface area is 164 Å². The van der Waals surface area contributed by atoms with Gasteiger partial charge in [0.2, 0.25) is 5.91 Å². The van der Waals surface area contributed by atoms with E-state index in [0.29, 0.717) is 16.2 Å². The first-order valence-corrected chi connectivity index (χ1v) is 9.50. The van der Waals surface area contributed by atoms with Gasteiger partial charge in [-0.1, -0.05) is 12.1 Å². The highest BCUT2D eigenvalue weighted by molar-refractivity contribution is 7.14. The zero-order valence-corrected chi connectivity index (χ0v) is 16.4. The van der Waals surface area contributed by atoms with Gasteiger partial charge >= 0.3 is 0 Å². The molecule has 0 aliphatic carbocycles. The Kier molecular flexibility index (Phi) is 4.52. The third-order valence-corrected chi connectivity index (χ3v) is 5.34. The van der Waals surface area contributed by atoms with Crippen LogP contribution in [0.2, 0.25) is 0 Å². The minimum Gasteiger partial charge on any atom is -0.300 e. The lowest BCUT2D eigenvalue weighted by molar-refractivity contribution is -0.116. The van der Waals surface area contributed by atoms with Crippen LogP contribution >= 0.6 is 11.3 Å². The van der Waals surface area contributed by atoms with Crippen molar-refractivity contribution in [2.75, 3.05) is 5.32 Å². The molecule has 9 heteroatoms. The van der Waals surface area contributed by atoms with E-state index in [0.717, 1.165) is 11.3 Å². The minimum absolute atomic E-state index is 0.144. The standard InChI is InChI=1S/C19H18N6O2S/c1-11-4-5-13(6-12(11)2)15-9-28-19(22-15)23-16(26)8-25-10-20-17-14(18(25)27)7-21-24(17)3/h4-7,9-10H,8H2,1-3H3,(H,22,23,26). The van der Waals surface area contributed by atoms with Crippen LogP contribution in [-0.4, -0.2) is 30.2 Å². The van der Waals surface area contributed by atoms with E-state index in [2.05, 4.69) is 46.4 Å². The number of anilines is 1. The van der Waals surface area contributed by atoms with Crippen molar-refractivity contribution in [3.63, 3.8) is 0 Å². The molecule has 142 valence electrons. The first-order chi connectivity index (χ1) is 13.4. The Balaban J connectivity index is 1.50. The molecule has 8 nitrogen and oxygen atoms in total. The van der Waals surface area contributed by atoms with Crippen LogP contribution in [0.4, 0.5) is 5.13 Å². The second-order valence-corrected chi connectivity index (χ2v) is 7.43. The van der Waals surface area contributed by atoms with Crippen LogP contribution < -0.4 is 10.9 Å². The summed E-state index contributed by atoms with van der Waals surface area (Å²) in [6.45, 7) is 3.97. The average Bonchev–Trinajstić information content (AvgIpc) is 3.27. The molecule has 1 amide bonds. The van der Waals surface area contributed by atoms with E-state index in [9.17, 15) is 9.59 Å². The van der Waals surface area contributed by atoms with Crippen LogP contribution in [0.5, 0.6) is 0 Å². The highest BCUT2D eigenvalue weighted by Gasteiger charge is 2.13. The number of aromatic nitrogens is 5. The van der Waals surface area contributed by atoms with Gasteiger partial charge in [-0.15, -0.1) is 11.3 Å². The molecular weight excluding hydrogens is 376 g/mol. The molecule has 4 rings (SSSR count). The van der Waals surface area contributed by atoms with E-state index in [4.69, 9.17) is 0 Å². The largest absolute Gasteiger partial charge is 0.300 e. The van der Waals surface area contributed by atoms with E-state index >= 15 is 0 Å². The number of amides is 1. The molecule has 1 aromatic carbocycles. The monoisotopic (exact) mass is 394 g/mol. The van der Waals surface area contributed by atoms with E-state index in [1.54, 1.807) is 7.05 Å². The molecule has 0 spiro atoms. The molecule has 1 N–H and O–H groups in total. The number of carbonyl (C=O) groups is 1. The molecule has 0 bridgehead atoms. The Morgan fingerprint density at radius 3 is 2.86 bits per heavy atom. The van der Waals surface area contributed by atoms with Gasteiger partial charge in [-0.05, 0) is 31.0 Å². The van der Waals surface area contributed by atoms with Gasteiger partial charge in [0.15, 0.2) is 10.8 Å². The van der Waals surface area contributed by atoms with Gasteiger partial charge in [-0.25, -0.2) is 9.97 Å². The first-order valence-electron chi connectivity index (χ1n) is 8.62. The van der Waals surface area contributed by atoms with Crippen molar-refractivity contribution in [1.29, 1.82) is 0 Å². The lowest BCUT2D eigenvalue weighted by Gasteiger charge is -2.05. The highest BCUT2D eigenvalue weighted by Crippen LogP contribution is 2.26. The summed E-state index contributed by atoms with van der Waals surface area (Å²) in [5, 5.41) is 9.53. The number of benzene rings is 1. The summed E-state index contributed by atoms with van der Waals surface area (Å²) in [4.78, 5) is 33.5. The fourth-order valence-corrected chi connectivity index (χ4v) is 3.59. The van der Waals surface area contributed by atoms with Crippen molar-refractivity contribution >= 4 is 33.4 Å². The van der Waals surface area contributed by atoms with Gasteiger partial charge in [0.1, 0.15) is 18.3 Å². The summed E-state index contributed by atoms with van der Waals surface area (Å²) in [6.07, 6.45) is 2.81. The third-order valence-electron chi connectivity index (χ3n) is 4.59. The maximum Gasteiger partial charge on any atom is 0.264 e. The van der Waals surface area contributed by atoms with Crippen LogP contribution in [0.25, 0.3) is 22.3 Å². The highest BCUT2D eigenvalue weighted by atomic mass is 32.1. The molecule has 0 radical (unpaired) electrons. The molecular formula is C19H18N6O2S. The van der Waals surface area contributed by atoms with Crippen molar-refractivity contribution in [3.8, 4) is 11.3 Å². The quantitative estimate of drug-likeness (QED) is 0.574. The number of hydrogen-bond acceptors (Lipinski definition) is 6. The maximum absolute atomic E-state index is 12.5. The Morgan fingerprint density at radius 2 is 2.07 bits per heavy atom. The summed E-state index contributed by atoms with van der Waals surface area (Å²) in [6, 6.07) is 6.14. The van der Waals surface area contributed by atoms with E-state index in [1.165, 1.54) is 44.2 Å². The van der Waals surface area contributed by atoms with E-state index < -0.39 is 0 Å². The van der Waals surface area contributed by atoms with Crippen molar-refractivity contribution in [2.45, 2.75) is 20.4 Å². The summed E-state index contributed by atoms with van der Waals surface area (Å²) < 4.78 is 2.78. The second kappa shape index (κ2) is 7.01. The Bertz CT molecular complexity index is 1250. The SMILES string of the molecule is Cc1ccc(-c2csc(NC(=O)Cn3cnc4c(cnn4C)c3=O)n2)cc1C. The molecule has 0 aliphatic rings. The van der Waals surface area contributed by atoms with Gasteiger partial charge in [-0.3, -0.25) is 18.8 Å². The molecule has 0 saturated carbocycles. The van der Waals surface area contributed by atoms with E-state index in [1.807, 2.05) is 11.4 Å². The lowest BCUT2D eigenvalue weighted by atomic mass is 10.1. The topological polar surface area (TPSA) is 94.7 Å². The van der Waals surface area contributed by atoms with Crippen LogP contribution in [0.3, 0.4) is 0 Å². The number of aryl methyl sites for hydroxylation is 3. The molecule has 28 heavy (non-hydrogen) atoms. The summed E-state index contributed by atoms with van der Waals surface area (Å²) in [7, 11) is 1.71. The minimum atomic E-state index is -0.340. The number of fused-ring (bicyclic) bond motifs is 1. The number of thiazole rings is 1. The lowest BCUT2D eigenvalue weighted by Crippen LogP contribution is -2.27. The molecule has 3 aromatic heterocycles. The first kappa shape index (κ1) is 18.1. The summed E-state index contributed by atoms with van der Waals surface area (Å²) >= 11 is 1.34. The van der Waals surface area contributed by atoms with Crippen LogP contribution in [-0.2, 0) is 18.4 Å². The fourth-order valence-electron chi connectivity index (χ4n) is 2.86. The maximum atomic E-state index is 12.5. The molecule has 0 fully saturated rings. The van der Waals surface area contributed by atoms with Gasteiger partial charge < -0.3 is 5.32 Å². The Hall–Kier alpha value is -3.33. The van der Waals surface area contributed by atoms with Gasteiger partial charge in [0.25, 0.3) is 5.56 Å². The molecule has 0 unspecified atom stereocenters. The Morgan fingerprint density at radius 1 is 1.25 bits per heavy atom. The molecule has 3 heterocycles. The molecule has 4 aromatic rings. The van der Waals surface area contributed by atoms with Crippen LogP contribution in [0.15, 0.2) is 40.9 Å². The van der Waals surface area contributed by atoms with Crippen molar-refractivity contribution in [3.05, 3.63) is 57.6 Å². The number of rotatable bonds is 4.